The lowest BCUT2D eigenvalue weighted by Crippen LogP contribution is -2.15. The van der Waals surface area contributed by atoms with Gasteiger partial charge in [-0.25, -0.2) is 4.79 Å². The molecule has 0 unspecified atom stereocenters. The van der Waals surface area contributed by atoms with E-state index in [-0.39, 0.29) is 0 Å². The first-order chi connectivity index (χ1) is 4.18. The number of aromatic nitrogens is 1. The summed E-state index contributed by atoms with van der Waals surface area (Å²) in [5.41, 5.74) is -0.677. The van der Waals surface area contributed by atoms with Gasteiger partial charge >= 0.3 is 5.76 Å². The van der Waals surface area contributed by atoms with Gasteiger partial charge in [0.05, 0.1) is 6.07 Å². The smallest absolute Gasteiger partial charge is 0.421 e. The highest BCUT2D eigenvalue weighted by Gasteiger charge is 1.92. The van der Waals surface area contributed by atoms with Crippen LogP contribution >= 0.6 is 0 Å². The zero-order valence-electron chi connectivity index (χ0n) is 4.25. The highest BCUT2D eigenvalue weighted by atomic mass is 16.5. The second-order valence-electron chi connectivity index (χ2n) is 1.36. The molecule has 48 valence electrons. The first-order valence-electron chi connectivity index (χ1n) is 2.12. The fourth-order valence-corrected chi connectivity index (χ4v) is 0.399. The molecule has 0 bridgehead atoms. The molecule has 0 atom stereocenters. The summed E-state index contributed by atoms with van der Waals surface area (Å²) in [7, 11) is 0. The van der Waals surface area contributed by atoms with Crippen molar-refractivity contribution in [1.29, 1.82) is 0 Å². The van der Waals surface area contributed by atoms with Crippen LogP contribution in [-0.4, -0.2) is 10.1 Å². The van der Waals surface area contributed by atoms with Crippen molar-refractivity contribution in [3.05, 3.63) is 27.0 Å². The first-order valence-corrected chi connectivity index (χ1v) is 2.12. The van der Waals surface area contributed by atoms with Crippen molar-refractivity contribution >= 4 is 0 Å². The summed E-state index contributed by atoms with van der Waals surface area (Å²) in [4.78, 5) is 22.1. The predicted octanol–water partition coefficient (Wildman–Crippen LogP) is -0.966. The average Bonchev–Trinajstić information content (AvgIpc) is 1.59. The molecule has 1 aromatic heterocycles. The highest BCUT2D eigenvalue weighted by molar-refractivity contribution is 4.96. The molecule has 0 saturated carbocycles. The predicted molar refractivity (Wildman–Crippen MR) is 27.3 cm³/mol. The Morgan fingerprint density at radius 3 is 2.67 bits per heavy atom. The Hall–Kier alpha value is -1.52. The molecule has 2 N–H and O–H groups in total. The van der Waals surface area contributed by atoms with E-state index in [0.29, 0.717) is 0 Å². The standard InChI is InChI=1S/C4H3NO4/c6-2-1-3(7)9-4(8)5-2/h1,7H,(H,5,6,8). The monoisotopic (exact) mass is 129 g/mol. The molecule has 0 fully saturated rings. The molecule has 0 aromatic carbocycles. The number of aromatic hydroxyl groups is 1. The number of hydrogen-bond donors (Lipinski definition) is 2. The molecule has 1 heterocycles. The number of rotatable bonds is 0. The van der Waals surface area contributed by atoms with E-state index in [9.17, 15) is 9.59 Å². The van der Waals surface area contributed by atoms with E-state index in [0.717, 1.165) is 6.07 Å². The topological polar surface area (TPSA) is 83.3 Å². The molecule has 0 spiro atoms. The lowest BCUT2D eigenvalue weighted by atomic mass is 10.7. The zero-order valence-corrected chi connectivity index (χ0v) is 4.25. The maximum atomic E-state index is 10.2. The molecule has 0 amide bonds. The summed E-state index contributed by atoms with van der Waals surface area (Å²) in [6.07, 6.45) is 0. The summed E-state index contributed by atoms with van der Waals surface area (Å²) in [5, 5.41) is 8.41. The average molecular weight is 129 g/mol. The van der Waals surface area contributed by atoms with Crippen LogP contribution < -0.4 is 11.3 Å². The minimum atomic E-state index is -0.958. The molecule has 0 aliphatic carbocycles. The summed E-state index contributed by atoms with van der Waals surface area (Å²) in [5.74, 6) is -1.64. The molecule has 0 aliphatic heterocycles. The van der Waals surface area contributed by atoms with Crippen LogP contribution in [0.2, 0.25) is 0 Å². The third kappa shape index (κ3) is 1.18. The van der Waals surface area contributed by atoms with Crippen LogP contribution in [0, 0.1) is 0 Å². The zero-order chi connectivity index (χ0) is 6.85. The van der Waals surface area contributed by atoms with Crippen molar-refractivity contribution < 1.29 is 9.52 Å². The maximum Gasteiger partial charge on any atom is 0.421 e. The fraction of sp³-hybridized carbons (Fsp3) is 0. The van der Waals surface area contributed by atoms with E-state index in [1.165, 1.54) is 0 Å². The molecule has 0 radical (unpaired) electrons. The van der Waals surface area contributed by atoms with Crippen molar-refractivity contribution in [2.24, 2.45) is 0 Å². The number of H-pyrrole nitrogens is 1. The molecule has 9 heavy (non-hydrogen) atoms. The fourth-order valence-electron chi connectivity index (χ4n) is 0.399. The minimum Gasteiger partial charge on any atom is -0.480 e. The second-order valence-corrected chi connectivity index (χ2v) is 1.36. The molecule has 5 nitrogen and oxygen atoms in total. The van der Waals surface area contributed by atoms with Gasteiger partial charge in [0.15, 0.2) is 0 Å². The van der Waals surface area contributed by atoms with Gasteiger partial charge in [0, 0.05) is 0 Å². The Bertz CT molecular complexity index is 281. The highest BCUT2D eigenvalue weighted by Crippen LogP contribution is 1.94. The van der Waals surface area contributed by atoms with E-state index in [1.807, 2.05) is 0 Å². The van der Waals surface area contributed by atoms with Gasteiger partial charge in [-0.1, -0.05) is 0 Å². The van der Waals surface area contributed by atoms with Crippen molar-refractivity contribution in [3.63, 3.8) is 0 Å². The Balaban J connectivity index is 3.52. The minimum absolute atomic E-state index is 0.677. The van der Waals surface area contributed by atoms with E-state index < -0.39 is 17.3 Å². The Labute approximate surface area is 48.6 Å². The molecule has 1 aromatic rings. The largest absolute Gasteiger partial charge is 0.480 e. The van der Waals surface area contributed by atoms with Crippen LogP contribution in [0.5, 0.6) is 5.95 Å². The van der Waals surface area contributed by atoms with Crippen LogP contribution in [-0.2, 0) is 0 Å². The first kappa shape index (κ1) is 5.61. The normalized spacial score (nSPS) is 9.33. The number of nitrogens with one attached hydrogen (secondary N) is 1. The van der Waals surface area contributed by atoms with Crippen LogP contribution in [0.1, 0.15) is 0 Å². The van der Waals surface area contributed by atoms with Gasteiger partial charge in [-0.05, 0) is 0 Å². The van der Waals surface area contributed by atoms with Crippen molar-refractivity contribution in [1.82, 2.24) is 4.98 Å². The lowest BCUT2D eigenvalue weighted by molar-refractivity contribution is 0.299. The summed E-state index contributed by atoms with van der Waals surface area (Å²) in [6, 6.07) is 0.765. The van der Waals surface area contributed by atoms with Gasteiger partial charge in [-0.15, -0.1) is 0 Å². The SMILES string of the molecule is O=c1cc(O)oc(=O)[nH]1. The van der Waals surface area contributed by atoms with E-state index >= 15 is 0 Å². The maximum absolute atomic E-state index is 10.2. The molecule has 0 aliphatic rings. The van der Waals surface area contributed by atoms with Gasteiger partial charge in [-0.3, -0.25) is 9.78 Å². The Morgan fingerprint density at radius 2 is 2.22 bits per heavy atom. The molecular weight excluding hydrogens is 126 g/mol. The van der Waals surface area contributed by atoms with Crippen molar-refractivity contribution in [2.45, 2.75) is 0 Å². The van der Waals surface area contributed by atoms with Crippen LogP contribution in [0.4, 0.5) is 0 Å². The Kier molecular flexibility index (Phi) is 1.11. The second kappa shape index (κ2) is 1.77. The van der Waals surface area contributed by atoms with Gasteiger partial charge in [0.25, 0.3) is 11.5 Å². The van der Waals surface area contributed by atoms with E-state index in [2.05, 4.69) is 4.42 Å². The number of aromatic amines is 1. The third-order valence-corrected chi connectivity index (χ3v) is 0.677. The van der Waals surface area contributed by atoms with Gasteiger partial charge in [-0.2, -0.15) is 0 Å². The van der Waals surface area contributed by atoms with Crippen LogP contribution in [0.25, 0.3) is 0 Å². The molecule has 1 rings (SSSR count). The third-order valence-electron chi connectivity index (χ3n) is 0.677. The van der Waals surface area contributed by atoms with Gasteiger partial charge < -0.3 is 9.52 Å². The van der Waals surface area contributed by atoms with Crippen LogP contribution in [0.15, 0.2) is 20.1 Å². The molecule has 5 heteroatoms. The van der Waals surface area contributed by atoms with Crippen LogP contribution in [0.3, 0.4) is 0 Å². The quantitative estimate of drug-likeness (QED) is 0.472. The van der Waals surface area contributed by atoms with E-state index in [1.54, 1.807) is 4.98 Å². The van der Waals surface area contributed by atoms with Gasteiger partial charge in [0.1, 0.15) is 0 Å². The Morgan fingerprint density at radius 1 is 1.56 bits per heavy atom. The van der Waals surface area contributed by atoms with Crippen molar-refractivity contribution in [3.8, 4) is 5.95 Å². The van der Waals surface area contributed by atoms with Gasteiger partial charge in [0.2, 0.25) is 0 Å². The summed E-state index contributed by atoms with van der Waals surface area (Å²) < 4.78 is 4.00. The molecular formula is C4H3NO4. The lowest BCUT2D eigenvalue weighted by Gasteiger charge is -1.82. The summed E-state index contributed by atoms with van der Waals surface area (Å²) >= 11 is 0. The summed E-state index contributed by atoms with van der Waals surface area (Å²) in [6.45, 7) is 0. The van der Waals surface area contributed by atoms with E-state index in [4.69, 9.17) is 5.11 Å². The van der Waals surface area contributed by atoms with Crippen molar-refractivity contribution in [2.75, 3.05) is 0 Å². The number of hydrogen-bond acceptors (Lipinski definition) is 4. The molecule has 0 saturated heterocycles.